The van der Waals surface area contributed by atoms with E-state index in [0.29, 0.717) is 24.2 Å². The summed E-state index contributed by atoms with van der Waals surface area (Å²) in [6.45, 7) is 9.41. The lowest BCUT2D eigenvalue weighted by atomic mass is 10.1. The lowest BCUT2D eigenvalue weighted by Crippen LogP contribution is -2.55. The zero-order valence-electron chi connectivity index (χ0n) is 27.7. The molecule has 236 valence electrons. The smallest absolute Gasteiger partial charge is 0.333 e. The van der Waals surface area contributed by atoms with Gasteiger partial charge in [0.25, 0.3) is 0 Å². The average molecular weight is 557 g/mol. The highest BCUT2D eigenvalue weighted by molar-refractivity contribution is 4.57. The molecule has 0 aromatic rings. The minimum atomic E-state index is -1.46. The third kappa shape index (κ3) is 27.8. The summed E-state index contributed by atoms with van der Waals surface area (Å²) in [5, 5.41) is 11.3. The van der Waals surface area contributed by atoms with Gasteiger partial charge in [0, 0.05) is 0 Å². The Morgan fingerprint density at radius 1 is 0.436 bits per heavy atom. The van der Waals surface area contributed by atoms with Crippen molar-refractivity contribution in [2.75, 3.05) is 40.4 Å². The van der Waals surface area contributed by atoms with Crippen LogP contribution in [0.15, 0.2) is 0 Å². The fourth-order valence-electron chi connectivity index (χ4n) is 5.71. The topological polar surface area (TPSA) is 38.7 Å². The van der Waals surface area contributed by atoms with E-state index in [9.17, 15) is 5.11 Å². The van der Waals surface area contributed by atoms with Crippen molar-refractivity contribution < 1.29 is 19.1 Å². The van der Waals surface area contributed by atoms with Crippen molar-refractivity contribution in [1.29, 1.82) is 0 Å². The first kappa shape index (κ1) is 38.8. The van der Waals surface area contributed by atoms with Gasteiger partial charge in [0.1, 0.15) is 0 Å². The second-order valence-corrected chi connectivity index (χ2v) is 13.0. The van der Waals surface area contributed by atoms with Crippen LogP contribution in [-0.4, -0.2) is 56.0 Å². The summed E-state index contributed by atoms with van der Waals surface area (Å²) in [6.07, 6.45) is 32.9. The molecule has 0 radical (unpaired) electrons. The van der Waals surface area contributed by atoms with Crippen molar-refractivity contribution in [3.63, 3.8) is 0 Å². The Balaban J connectivity index is 4.00. The first-order valence-corrected chi connectivity index (χ1v) is 17.7. The van der Waals surface area contributed by atoms with Crippen LogP contribution in [0, 0.1) is 0 Å². The van der Waals surface area contributed by atoms with E-state index in [2.05, 4.69) is 34.9 Å². The molecule has 0 atom stereocenters. The maximum atomic E-state index is 11.3. The molecule has 1 N–H and O–H groups in total. The van der Waals surface area contributed by atoms with Crippen molar-refractivity contribution in [3.8, 4) is 0 Å². The summed E-state index contributed by atoms with van der Waals surface area (Å²) in [7, 11) is 4.32. The maximum absolute atomic E-state index is 11.3. The summed E-state index contributed by atoms with van der Waals surface area (Å²) in [5.74, 6) is -1.46. The van der Waals surface area contributed by atoms with Gasteiger partial charge in [-0.2, -0.15) is 0 Å². The van der Waals surface area contributed by atoms with Gasteiger partial charge in [0.05, 0.1) is 33.9 Å². The molecule has 0 saturated carbocycles. The highest BCUT2D eigenvalue weighted by atomic mass is 16.8. The Morgan fingerprint density at radius 2 is 0.718 bits per heavy atom. The highest BCUT2D eigenvalue weighted by Crippen LogP contribution is 2.19. The molecule has 0 aliphatic carbocycles. The lowest BCUT2D eigenvalue weighted by Gasteiger charge is -2.37. The van der Waals surface area contributed by atoms with Crippen LogP contribution < -0.4 is 0 Å². The first-order valence-electron chi connectivity index (χ1n) is 17.7. The molecule has 0 saturated heterocycles. The normalized spacial score (nSPS) is 12.5. The Morgan fingerprint density at radius 3 is 1.00 bits per heavy atom. The fourth-order valence-corrected chi connectivity index (χ4v) is 5.71. The number of quaternary nitrogens is 1. The number of aliphatic hydroxyl groups is 1. The minimum absolute atomic E-state index is 0.483. The molecule has 0 heterocycles. The van der Waals surface area contributed by atoms with E-state index in [-0.39, 0.29) is 0 Å². The molecule has 4 nitrogen and oxygen atoms in total. The van der Waals surface area contributed by atoms with E-state index in [4.69, 9.17) is 9.47 Å². The van der Waals surface area contributed by atoms with Gasteiger partial charge in [-0.3, -0.25) is 0 Å². The zero-order valence-corrected chi connectivity index (χ0v) is 27.7. The Kier molecular flexibility index (Phi) is 27.9. The molecular formula is C35H74NO3+. The number of unbranched alkanes of at least 4 members (excludes halogenated alkanes) is 22. The number of hydrogen-bond acceptors (Lipinski definition) is 3. The third-order valence-corrected chi connectivity index (χ3v) is 8.11. The van der Waals surface area contributed by atoms with Crippen LogP contribution in [0.3, 0.4) is 0 Å². The molecular weight excluding hydrogens is 482 g/mol. The van der Waals surface area contributed by atoms with Crippen LogP contribution in [-0.2, 0) is 9.47 Å². The van der Waals surface area contributed by atoms with E-state index >= 15 is 0 Å². The Labute approximate surface area is 246 Å². The SMILES string of the molecule is CCCCCCCCCCCCCCOC(O)(C[N+](C)(C)CCC)OCCCCCCCCCCCCCC. The molecule has 39 heavy (non-hydrogen) atoms. The summed E-state index contributed by atoms with van der Waals surface area (Å²) in [4.78, 5) is 0. The second kappa shape index (κ2) is 28.0. The van der Waals surface area contributed by atoms with Crippen molar-refractivity contribution in [2.45, 2.75) is 187 Å². The van der Waals surface area contributed by atoms with Crippen molar-refractivity contribution in [2.24, 2.45) is 0 Å². The number of ether oxygens (including phenoxy) is 2. The molecule has 0 fully saturated rings. The number of likely N-dealkylation sites (N-methyl/N-ethyl adjacent to an activating group) is 1. The Bertz CT molecular complexity index is 453. The fraction of sp³-hybridized carbons (Fsp3) is 1.00. The van der Waals surface area contributed by atoms with Crippen molar-refractivity contribution in [3.05, 3.63) is 0 Å². The molecule has 0 aliphatic heterocycles. The molecule has 0 unspecified atom stereocenters. The second-order valence-electron chi connectivity index (χ2n) is 13.0. The largest absolute Gasteiger partial charge is 0.339 e. The predicted molar refractivity (Wildman–Crippen MR) is 171 cm³/mol. The van der Waals surface area contributed by atoms with E-state index in [0.717, 1.165) is 25.8 Å². The third-order valence-electron chi connectivity index (χ3n) is 8.11. The van der Waals surface area contributed by atoms with Crippen LogP contribution >= 0.6 is 0 Å². The van der Waals surface area contributed by atoms with E-state index in [1.807, 2.05) is 0 Å². The highest BCUT2D eigenvalue weighted by Gasteiger charge is 2.37. The molecule has 0 rings (SSSR count). The van der Waals surface area contributed by atoms with Crippen molar-refractivity contribution >= 4 is 0 Å². The van der Waals surface area contributed by atoms with Gasteiger partial charge < -0.3 is 19.1 Å². The first-order chi connectivity index (χ1) is 18.9. The predicted octanol–water partition coefficient (Wildman–Crippen LogP) is 10.6. The maximum Gasteiger partial charge on any atom is 0.333 e. The van der Waals surface area contributed by atoms with Gasteiger partial charge >= 0.3 is 5.97 Å². The number of rotatable bonds is 32. The average Bonchev–Trinajstić information content (AvgIpc) is 2.89. The standard InChI is InChI=1S/C35H74NO3/c1-6-9-11-13-15-17-19-21-23-25-27-29-32-38-35(37,34-36(4,5)31-8-3)39-33-30-28-26-24-22-20-18-16-14-12-10-7-2/h37H,6-34H2,1-5H3/q+1. The van der Waals surface area contributed by atoms with Crippen LogP contribution in [0.1, 0.15) is 181 Å². The molecule has 0 spiro atoms. The van der Waals surface area contributed by atoms with Crippen LogP contribution in [0.2, 0.25) is 0 Å². The molecule has 0 aliphatic rings. The quantitative estimate of drug-likeness (QED) is 0.0509. The van der Waals surface area contributed by atoms with Crippen LogP contribution in [0.4, 0.5) is 0 Å². The number of nitrogens with zero attached hydrogens (tertiary/aromatic N) is 1. The number of hydrogen-bond donors (Lipinski definition) is 1. The van der Waals surface area contributed by atoms with Gasteiger partial charge in [0.15, 0.2) is 6.54 Å². The Hall–Kier alpha value is -0.160. The molecule has 4 heteroatoms. The summed E-state index contributed by atoms with van der Waals surface area (Å²) < 4.78 is 12.8. The summed E-state index contributed by atoms with van der Waals surface area (Å²) >= 11 is 0. The molecule has 0 bridgehead atoms. The van der Waals surface area contributed by atoms with Gasteiger partial charge in [-0.1, -0.05) is 162 Å². The van der Waals surface area contributed by atoms with Gasteiger partial charge in [-0.25, -0.2) is 0 Å². The lowest BCUT2D eigenvalue weighted by molar-refractivity contribution is -0.905. The monoisotopic (exact) mass is 557 g/mol. The van der Waals surface area contributed by atoms with Crippen molar-refractivity contribution in [1.82, 2.24) is 0 Å². The van der Waals surface area contributed by atoms with Crippen LogP contribution in [0.25, 0.3) is 0 Å². The van der Waals surface area contributed by atoms with Gasteiger partial charge in [-0.05, 0) is 19.3 Å². The molecule has 0 aromatic carbocycles. The van der Waals surface area contributed by atoms with Gasteiger partial charge in [-0.15, -0.1) is 0 Å². The summed E-state index contributed by atoms with van der Waals surface area (Å²) in [5.41, 5.74) is 0. The molecule has 0 aromatic heterocycles. The van der Waals surface area contributed by atoms with Gasteiger partial charge in [0.2, 0.25) is 0 Å². The minimum Gasteiger partial charge on any atom is -0.339 e. The van der Waals surface area contributed by atoms with E-state index in [1.165, 1.54) is 141 Å². The van der Waals surface area contributed by atoms with E-state index < -0.39 is 5.97 Å². The molecule has 0 amide bonds. The zero-order chi connectivity index (χ0) is 28.9. The van der Waals surface area contributed by atoms with Crippen LogP contribution in [0.5, 0.6) is 0 Å². The summed E-state index contributed by atoms with van der Waals surface area (Å²) in [6, 6.07) is 0. The van der Waals surface area contributed by atoms with E-state index in [1.54, 1.807) is 0 Å².